The van der Waals surface area contributed by atoms with Gasteiger partial charge in [-0.2, -0.15) is 9.97 Å². The van der Waals surface area contributed by atoms with Gasteiger partial charge in [0.1, 0.15) is 60.3 Å². The molecule has 71 heavy (non-hydrogen) atoms. The summed E-state index contributed by atoms with van der Waals surface area (Å²) in [6.45, 7) is 23.0. The Morgan fingerprint density at radius 2 is 1.14 bits per heavy atom. The summed E-state index contributed by atoms with van der Waals surface area (Å²) >= 11 is 5.56. The molecule has 2 aromatic rings. The molecule has 2 aliphatic heterocycles. The van der Waals surface area contributed by atoms with Crippen molar-refractivity contribution in [3.8, 4) is 0 Å². The Labute approximate surface area is 424 Å². The Morgan fingerprint density at radius 1 is 0.746 bits per heavy atom. The molecule has 0 radical (unpaired) electrons. The lowest BCUT2D eigenvalue weighted by molar-refractivity contribution is -0.121. The van der Waals surface area contributed by atoms with E-state index in [1.807, 2.05) is 74.7 Å². The van der Waals surface area contributed by atoms with Crippen molar-refractivity contribution in [3.63, 3.8) is 0 Å². The lowest BCUT2D eigenvalue weighted by atomic mass is 9.97. The van der Waals surface area contributed by atoms with E-state index in [1.54, 1.807) is 0 Å². The van der Waals surface area contributed by atoms with E-state index in [-0.39, 0.29) is 52.0 Å². The van der Waals surface area contributed by atoms with E-state index in [4.69, 9.17) is 39.2 Å². The van der Waals surface area contributed by atoms with Crippen LogP contribution >= 0.6 is 6.72 Å². The number of nitrogens with one attached hydrogen (secondary N) is 2. The first kappa shape index (κ1) is 57.6. The number of carbonyl (C=O) groups excluding carboxylic acids is 2. The number of anilines is 2. The summed E-state index contributed by atoms with van der Waals surface area (Å²) in [6.07, 6.45) is 1.24. The first-order valence-corrected chi connectivity index (χ1v) is 33.8. The molecule has 11 atom stereocenters. The van der Waals surface area contributed by atoms with Gasteiger partial charge in [-0.15, -0.1) is 0 Å². The van der Waals surface area contributed by atoms with Crippen LogP contribution < -0.4 is 22.0 Å². The summed E-state index contributed by atoms with van der Waals surface area (Å²) in [4.78, 5) is 73.0. The number of nitrogens with zero attached hydrogens (tertiary/aromatic N) is 4. The second kappa shape index (κ2) is 21.5. The largest absolute Gasteiger partial charge is 0.414 e. The monoisotopic (exact) mass is 1070 g/mol. The maximum absolute atomic E-state index is 17.6. The number of alkyl halides is 2. The van der Waals surface area contributed by atoms with Crippen LogP contribution in [0.25, 0.3) is 0 Å². The van der Waals surface area contributed by atoms with Crippen molar-refractivity contribution < 1.29 is 50.6 Å². The topological polar surface area (TPSA) is 204 Å². The highest BCUT2D eigenvalue weighted by Gasteiger charge is 2.82. The van der Waals surface area contributed by atoms with Crippen LogP contribution in [-0.2, 0) is 48.8 Å². The van der Waals surface area contributed by atoms with Crippen LogP contribution in [0.3, 0.4) is 0 Å². The lowest BCUT2D eigenvalue weighted by Gasteiger charge is -2.41. The molecule has 4 fully saturated rings. The third-order valence-corrected chi connectivity index (χ3v) is 26.2. The van der Waals surface area contributed by atoms with Crippen LogP contribution in [0, 0.1) is 11.8 Å². The molecule has 0 aromatic carbocycles. The molecule has 0 spiro atoms. The number of fused-ring (bicyclic) bond motifs is 2. The molecule has 2 saturated heterocycles. The van der Waals surface area contributed by atoms with E-state index in [0.29, 0.717) is 25.7 Å². The predicted octanol–water partition coefficient (Wildman–Crippen LogP) is 8.90. The molecule has 17 nitrogen and oxygen atoms in total. The first-order chi connectivity index (χ1) is 32.9. The maximum Gasteiger partial charge on any atom is 0.349 e. The average molecular weight is 1070 g/mol. The standard InChI is InChI=1S/C48H79F2N6O11PSSi2/c1-15-19-29(20-16-2)41(57)51-33-23-25-55(43(59)53-33)35-39-47(35,49)37(32(65-39)28-63-70(11,12)45(5,6)7)66-68(61,69)62-27-31-38(67-71(13,14)46(8,9)10)48(50)36(40(48)64-31)56-26-24-34(54-44(56)60)52-42(58)30(21-17-3)22-18-4/h23-26,29-32,35-40H,15-22,27-28H2,1-14H3,(H,61,69)(H,51,53,57,59)(H,52,54,58,60)/t31-,32-,35-,36-,37?,38?,39?,40?,47?,48?,68?/m1/s1. The van der Waals surface area contributed by atoms with Crippen LogP contribution in [0.15, 0.2) is 34.1 Å². The van der Waals surface area contributed by atoms with E-state index < -0.39 is 101 Å². The molecule has 7 unspecified atom stereocenters. The predicted molar refractivity (Wildman–Crippen MR) is 276 cm³/mol. The highest BCUT2D eigenvalue weighted by Crippen LogP contribution is 2.66. The fourth-order valence-electron chi connectivity index (χ4n) is 9.44. The summed E-state index contributed by atoms with van der Waals surface area (Å²) in [5.74, 6) is -0.858. The molecular weight excluding hydrogens is 994 g/mol. The fourth-order valence-corrected chi connectivity index (χ4v) is 13.2. The minimum Gasteiger partial charge on any atom is -0.414 e. The van der Waals surface area contributed by atoms with Crippen LogP contribution in [0.2, 0.25) is 36.3 Å². The molecule has 23 heteroatoms. The minimum absolute atomic E-state index is 0.0371. The van der Waals surface area contributed by atoms with Gasteiger partial charge in [0.2, 0.25) is 11.8 Å². The van der Waals surface area contributed by atoms with Gasteiger partial charge in [0.25, 0.3) is 0 Å². The molecule has 4 heterocycles. The third kappa shape index (κ3) is 11.9. The van der Waals surface area contributed by atoms with Gasteiger partial charge in [0.05, 0.1) is 13.2 Å². The van der Waals surface area contributed by atoms with Crippen LogP contribution in [0.5, 0.6) is 0 Å². The highest BCUT2D eigenvalue weighted by molar-refractivity contribution is 8.07. The van der Waals surface area contributed by atoms with E-state index in [0.717, 1.165) is 34.8 Å². The molecule has 0 bridgehead atoms. The number of rotatable bonds is 24. The first-order valence-electron chi connectivity index (χ1n) is 25.4. The Bertz CT molecular complexity index is 2410. The molecule has 2 aliphatic carbocycles. The molecule has 3 N–H and O–H groups in total. The second-order valence-electron chi connectivity index (χ2n) is 22.9. The van der Waals surface area contributed by atoms with Crippen LogP contribution in [0.4, 0.5) is 20.4 Å². The van der Waals surface area contributed by atoms with Crippen LogP contribution in [0.1, 0.15) is 133 Å². The van der Waals surface area contributed by atoms with Gasteiger partial charge in [-0.3, -0.25) is 23.2 Å². The van der Waals surface area contributed by atoms with Crippen molar-refractivity contribution in [1.82, 2.24) is 19.1 Å². The van der Waals surface area contributed by atoms with E-state index >= 15 is 8.78 Å². The molecule has 400 valence electrons. The van der Waals surface area contributed by atoms with Gasteiger partial charge in [0.15, 0.2) is 28.0 Å². The Morgan fingerprint density at radius 3 is 1.52 bits per heavy atom. The Hall–Kier alpha value is -2.64. The number of carbonyl (C=O) groups is 2. The number of halogens is 2. The zero-order valence-corrected chi connectivity index (χ0v) is 47.8. The summed E-state index contributed by atoms with van der Waals surface area (Å²) < 4.78 is 75.2. The van der Waals surface area contributed by atoms with Crippen molar-refractivity contribution in [2.45, 2.75) is 217 Å². The molecule has 6 rings (SSSR count). The molecule has 2 aromatic heterocycles. The van der Waals surface area contributed by atoms with E-state index in [9.17, 15) is 24.1 Å². The summed E-state index contributed by atoms with van der Waals surface area (Å²) in [7, 11) is -5.20. The molecule has 2 saturated carbocycles. The SMILES string of the molecule is CCCC(CCC)C(=O)Nc1ccn([C@@H]2C3O[C@H](COP(O)(=S)OC4[C@@H](CO[Si](C)(C)C(C)(C)C)OC5[C@@H](n6ccc(NC(=O)C(CCC)CCC)nc6=O)C45F)C(O[Si](C)(C)C(C)(C)C)C32F)c(=O)n1. The Balaban J connectivity index is 1.21. The zero-order valence-electron chi connectivity index (χ0n) is 44.1. The average Bonchev–Trinajstić information content (AvgIpc) is 3.97. The van der Waals surface area contributed by atoms with Gasteiger partial charge in [0, 0.05) is 24.2 Å². The van der Waals surface area contributed by atoms with Crippen molar-refractivity contribution in [2.24, 2.45) is 11.8 Å². The summed E-state index contributed by atoms with van der Waals surface area (Å²) in [5, 5.41) is 4.88. The molecule has 4 aliphatic rings. The summed E-state index contributed by atoms with van der Waals surface area (Å²) in [5.41, 5.74) is -6.25. The second-order valence-corrected chi connectivity index (χ2v) is 35.3. The number of ether oxygens (including phenoxy) is 2. The van der Waals surface area contributed by atoms with Gasteiger partial charge >= 0.3 is 18.1 Å². The van der Waals surface area contributed by atoms with Crippen molar-refractivity contribution in [1.29, 1.82) is 0 Å². The van der Waals surface area contributed by atoms with Gasteiger partial charge in [-0.1, -0.05) is 94.9 Å². The fraction of sp³-hybridized carbons (Fsp3) is 0.792. The van der Waals surface area contributed by atoms with Crippen molar-refractivity contribution in [2.75, 3.05) is 23.8 Å². The maximum atomic E-state index is 17.6. The van der Waals surface area contributed by atoms with E-state index in [1.165, 1.54) is 24.5 Å². The Kier molecular flexibility index (Phi) is 17.5. The number of amides is 2. The third-order valence-electron chi connectivity index (χ3n) is 15.7. The number of hydrogen-bond acceptors (Lipinski definition) is 13. The molecule has 2 amide bonds. The quantitative estimate of drug-likeness (QED) is 0.0664. The number of aromatic nitrogens is 4. The van der Waals surface area contributed by atoms with Gasteiger partial charge in [-0.05, 0) is 85.9 Å². The smallest absolute Gasteiger partial charge is 0.349 e. The van der Waals surface area contributed by atoms with Crippen molar-refractivity contribution >= 4 is 58.6 Å². The van der Waals surface area contributed by atoms with E-state index in [2.05, 4.69) is 41.4 Å². The minimum atomic E-state index is -4.44. The highest BCUT2D eigenvalue weighted by atomic mass is 32.5. The molecular formula is C48H79F2N6O11PSSi2. The normalized spacial score (nSPS) is 29.2. The van der Waals surface area contributed by atoms with Crippen LogP contribution in [-0.4, -0.2) is 114 Å². The zero-order chi connectivity index (χ0) is 52.9. The van der Waals surface area contributed by atoms with Gasteiger partial charge < -0.3 is 38.4 Å². The summed E-state index contributed by atoms with van der Waals surface area (Å²) in [6, 6.07) is 0.518. The number of hydrogen-bond donors (Lipinski definition) is 3. The lowest BCUT2D eigenvalue weighted by Crippen LogP contribution is -2.51. The van der Waals surface area contributed by atoms with Gasteiger partial charge in [-0.25, -0.2) is 18.4 Å². The van der Waals surface area contributed by atoms with Crippen molar-refractivity contribution in [3.05, 3.63) is 45.5 Å².